The van der Waals surface area contributed by atoms with Crippen molar-refractivity contribution in [2.45, 2.75) is 20.8 Å². The maximum atomic E-state index is 7.62. The van der Waals surface area contributed by atoms with Crippen molar-refractivity contribution in [3.8, 4) is 0 Å². The largest absolute Gasteiger partial charge is 0.397 e. The van der Waals surface area contributed by atoms with Crippen molar-refractivity contribution in [2.24, 2.45) is 0 Å². The monoisotopic (exact) mass is 217 g/mol. The van der Waals surface area contributed by atoms with Crippen molar-refractivity contribution in [3.63, 3.8) is 0 Å². The minimum Gasteiger partial charge on any atom is -0.397 e. The molecular weight excluding hydrogens is 190 g/mol. The molecule has 8 N–H and O–H groups in total. The van der Waals surface area contributed by atoms with Crippen LogP contribution in [0, 0.1) is 0 Å². The molecule has 0 unspecified atom stereocenters. The summed E-state index contributed by atoms with van der Waals surface area (Å²) < 4.78 is 0. The zero-order valence-electron chi connectivity index (χ0n) is 9.48. The van der Waals surface area contributed by atoms with Crippen molar-refractivity contribution in [1.29, 1.82) is 0 Å². The fraction of sp³-hybridized carbons (Fsp3) is 1.00. The highest BCUT2D eigenvalue weighted by atomic mass is 16.3. The van der Waals surface area contributed by atoms with Crippen molar-refractivity contribution >= 4 is 0 Å². The highest BCUT2D eigenvalue weighted by molar-refractivity contribution is 4.06. The topological polar surface area (TPSA) is 136 Å². The van der Waals surface area contributed by atoms with Gasteiger partial charge in [-0.2, -0.15) is 0 Å². The molecule has 14 heavy (non-hydrogen) atoms. The smallest absolute Gasteiger partial charge is 0.0662 e. The molecule has 0 aliphatic rings. The van der Waals surface area contributed by atoms with E-state index < -0.39 is 0 Å². The highest BCUT2D eigenvalue weighted by Crippen LogP contribution is 1.39. The molecule has 0 atom stereocenters. The normalized spacial score (nSPS) is 6.00. The van der Waals surface area contributed by atoms with Gasteiger partial charge in [-0.3, -0.25) is 0 Å². The molecule has 0 amide bonds. The summed E-state index contributed by atoms with van der Waals surface area (Å²) in [5.74, 6) is 0. The van der Waals surface area contributed by atoms with Crippen molar-refractivity contribution in [1.82, 2.24) is 6.15 Å². The van der Waals surface area contributed by atoms with Gasteiger partial charge >= 0.3 is 0 Å². The summed E-state index contributed by atoms with van der Waals surface area (Å²) in [6.07, 6.45) is 0. The third-order valence-corrected chi connectivity index (χ3v) is 0.1000. The standard InChI is InChI=1S/C2H6O2.3C2H6O.H3N/c3-1-2-4;3*1-2-3;/h3-4H,1-2H2;3*3H,2H2,1H3;1H3. The molecule has 0 aromatic heterocycles. The summed E-state index contributed by atoms with van der Waals surface area (Å²) in [6.45, 7) is 5.54. The average Bonchev–Trinajstić information content (AvgIpc) is 2.08. The summed E-state index contributed by atoms with van der Waals surface area (Å²) in [7, 11) is 0. The number of hydrogen-bond acceptors (Lipinski definition) is 6. The summed E-state index contributed by atoms with van der Waals surface area (Å²) in [4.78, 5) is 0. The first-order valence-corrected chi connectivity index (χ1v) is 4.20. The second-order valence-electron chi connectivity index (χ2n) is 1.40. The first-order valence-electron chi connectivity index (χ1n) is 4.20. The molecule has 6 nitrogen and oxygen atoms in total. The molecule has 0 saturated carbocycles. The third-order valence-electron chi connectivity index (χ3n) is 0.1000. The van der Waals surface area contributed by atoms with E-state index in [1.807, 2.05) is 0 Å². The van der Waals surface area contributed by atoms with Crippen molar-refractivity contribution < 1.29 is 25.5 Å². The van der Waals surface area contributed by atoms with Crippen LogP contribution in [-0.2, 0) is 0 Å². The van der Waals surface area contributed by atoms with E-state index >= 15 is 0 Å². The lowest BCUT2D eigenvalue weighted by atomic mass is 10.8. The molecular formula is C8H27NO5. The SMILES string of the molecule is CCO.CCO.CCO.N.OCCO. The summed E-state index contributed by atoms with van der Waals surface area (Å²) in [5, 5.41) is 38.0. The molecule has 0 fully saturated rings. The number of aliphatic hydroxyl groups excluding tert-OH is 5. The lowest BCUT2D eigenvalue weighted by Gasteiger charge is -1.70. The van der Waals surface area contributed by atoms with Crippen LogP contribution in [0.5, 0.6) is 0 Å². The van der Waals surface area contributed by atoms with E-state index in [1.54, 1.807) is 20.8 Å². The van der Waals surface area contributed by atoms with E-state index in [0.29, 0.717) is 0 Å². The Hall–Kier alpha value is -0.240. The molecule has 0 aliphatic carbocycles. The first-order chi connectivity index (χ1) is 6.16. The van der Waals surface area contributed by atoms with Crippen LogP contribution in [0.1, 0.15) is 20.8 Å². The van der Waals surface area contributed by atoms with E-state index in [1.165, 1.54) is 0 Å². The molecule has 0 rings (SSSR count). The number of rotatable bonds is 1. The lowest BCUT2D eigenvalue weighted by molar-refractivity contribution is 0.186. The third kappa shape index (κ3) is 2360. The molecule has 0 spiro atoms. The molecule has 0 heterocycles. The van der Waals surface area contributed by atoms with Gasteiger partial charge in [0.15, 0.2) is 0 Å². The zero-order chi connectivity index (χ0) is 11.5. The molecule has 0 aromatic rings. The van der Waals surface area contributed by atoms with Crippen LogP contribution >= 0.6 is 0 Å². The van der Waals surface area contributed by atoms with Gasteiger partial charge in [0.25, 0.3) is 0 Å². The minimum atomic E-state index is -0.125. The Morgan fingerprint density at radius 1 is 0.571 bits per heavy atom. The highest BCUT2D eigenvalue weighted by Gasteiger charge is 1.58. The van der Waals surface area contributed by atoms with Gasteiger partial charge in [-0.15, -0.1) is 0 Å². The van der Waals surface area contributed by atoms with Gasteiger partial charge in [0, 0.05) is 19.8 Å². The molecule has 0 bridgehead atoms. The van der Waals surface area contributed by atoms with Crippen LogP contribution in [0.25, 0.3) is 0 Å². The van der Waals surface area contributed by atoms with E-state index in [2.05, 4.69) is 0 Å². The first kappa shape index (κ1) is 29.2. The van der Waals surface area contributed by atoms with Gasteiger partial charge in [0.2, 0.25) is 0 Å². The van der Waals surface area contributed by atoms with Gasteiger partial charge in [-0.1, -0.05) is 0 Å². The molecule has 0 aromatic carbocycles. The molecule has 94 valence electrons. The number of aliphatic hydroxyl groups is 5. The van der Waals surface area contributed by atoms with Crippen LogP contribution in [0.4, 0.5) is 0 Å². The second-order valence-corrected chi connectivity index (χ2v) is 1.40. The molecule has 0 saturated heterocycles. The van der Waals surface area contributed by atoms with Crippen LogP contribution in [0.2, 0.25) is 0 Å². The second kappa shape index (κ2) is 77.9. The number of hydrogen-bond donors (Lipinski definition) is 6. The maximum Gasteiger partial charge on any atom is 0.0662 e. The van der Waals surface area contributed by atoms with Gasteiger partial charge in [-0.05, 0) is 20.8 Å². The van der Waals surface area contributed by atoms with E-state index in [0.717, 1.165) is 0 Å². The van der Waals surface area contributed by atoms with Crippen molar-refractivity contribution in [2.75, 3.05) is 33.0 Å². The van der Waals surface area contributed by atoms with Crippen LogP contribution in [0.15, 0.2) is 0 Å². The quantitative estimate of drug-likeness (QED) is 0.338. The van der Waals surface area contributed by atoms with Crippen LogP contribution in [-0.4, -0.2) is 58.6 Å². The average molecular weight is 217 g/mol. The Labute approximate surface area is 86.4 Å². The molecule has 6 heteroatoms. The lowest BCUT2D eigenvalue weighted by Crippen LogP contribution is -1.85. The summed E-state index contributed by atoms with van der Waals surface area (Å²) in [5.41, 5.74) is 0. The molecule has 0 aliphatic heterocycles. The Morgan fingerprint density at radius 2 is 0.643 bits per heavy atom. The Kier molecular flexibility index (Phi) is 162. The van der Waals surface area contributed by atoms with E-state index in [4.69, 9.17) is 25.5 Å². The predicted molar refractivity (Wildman–Crippen MR) is 57.5 cm³/mol. The maximum absolute atomic E-state index is 7.62. The Bertz CT molecular complexity index is 34.2. The van der Waals surface area contributed by atoms with Crippen molar-refractivity contribution in [3.05, 3.63) is 0 Å². The fourth-order valence-corrected chi connectivity index (χ4v) is 0. The van der Waals surface area contributed by atoms with Gasteiger partial charge in [0.1, 0.15) is 0 Å². The molecule has 0 radical (unpaired) electrons. The van der Waals surface area contributed by atoms with Gasteiger partial charge in [0.05, 0.1) is 13.2 Å². The van der Waals surface area contributed by atoms with Gasteiger partial charge < -0.3 is 31.7 Å². The van der Waals surface area contributed by atoms with E-state index in [9.17, 15) is 0 Å². The summed E-state index contributed by atoms with van der Waals surface area (Å²) in [6, 6.07) is 0. The zero-order valence-corrected chi connectivity index (χ0v) is 9.48. The minimum absolute atomic E-state index is 0. The Balaban J connectivity index is -0.0000000254. The summed E-state index contributed by atoms with van der Waals surface area (Å²) >= 11 is 0. The van der Waals surface area contributed by atoms with Gasteiger partial charge in [-0.25, -0.2) is 0 Å². The van der Waals surface area contributed by atoms with E-state index in [-0.39, 0.29) is 39.2 Å². The van der Waals surface area contributed by atoms with Crippen LogP contribution in [0.3, 0.4) is 0 Å². The predicted octanol–water partition coefficient (Wildman–Crippen LogP) is -0.871. The Morgan fingerprint density at radius 3 is 0.643 bits per heavy atom. The van der Waals surface area contributed by atoms with Crippen LogP contribution < -0.4 is 6.15 Å². The fourth-order valence-electron chi connectivity index (χ4n) is 0.